The van der Waals surface area contributed by atoms with Crippen molar-refractivity contribution in [3.05, 3.63) is 60.2 Å². The van der Waals surface area contributed by atoms with E-state index in [2.05, 4.69) is 12.2 Å². The lowest BCUT2D eigenvalue weighted by atomic mass is 10.1. The highest BCUT2D eigenvalue weighted by Gasteiger charge is 2.03. The Kier molecular flexibility index (Phi) is 5.69. The maximum absolute atomic E-state index is 11.9. The number of carbonyl (C=O) groups excluding carboxylic acids is 1. The van der Waals surface area contributed by atoms with E-state index in [1.165, 1.54) is 10.5 Å². The molecule has 1 N–H and O–H groups in total. The highest BCUT2D eigenvalue weighted by molar-refractivity contribution is 7.99. The van der Waals surface area contributed by atoms with Crippen LogP contribution in [-0.4, -0.2) is 11.7 Å². The Morgan fingerprint density at radius 1 is 1.05 bits per heavy atom. The number of thioether (sulfide) groups is 1. The van der Waals surface area contributed by atoms with Crippen LogP contribution in [0.1, 0.15) is 18.9 Å². The van der Waals surface area contributed by atoms with Gasteiger partial charge in [-0.2, -0.15) is 0 Å². The molecule has 0 aliphatic rings. The fourth-order valence-corrected chi connectivity index (χ4v) is 2.59. The Labute approximate surface area is 124 Å². The first kappa shape index (κ1) is 14.7. The highest BCUT2D eigenvalue weighted by atomic mass is 32.2. The lowest BCUT2D eigenvalue weighted by Crippen LogP contribution is -2.12. The molecule has 0 unspecified atom stereocenters. The zero-order valence-electron chi connectivity index (χ0n) is 11.6. The number of aryl methyl sites for hydroxylation is 1. The number of benzene rings is 2. The van der Waals surface area contributed by atoms with Gasteiger partial charge in [0, 0.05) is 17.0 Å². The molecule has 2 aromatic rings. The van der Waals surface area contributed by atoms with Crippen molar-refractivity contribution in [3.8, 4) is 0 Å². The van der Waals surface area contributed by atoms with Gasteiger partial charge in [-0.25, -0.2) is 0 Å². The van der Waals surface area contributed by atoms with E-state index < -0.39 is 0 Å². The van der Waals surface area contributed by atoms with Crippen molar-refractivity contribution in [1.82, 2.24) is 0 Å². The fourth-order valence-electron chi connectivity index (χ4n) is 1.93. The molecule has 0 radical (unpaired) electrons. The summed E-state index contributed by atoms with van der Waals surface area (Å²) in [5, 5.41) is 2.93. The Bertz CT molecular complexity index is 537. The van der Waals surface area contributed by atoms with Crippen LogP contribution in [0.25, 0.3) is 0 Å². The first-order chi connectivity index (χ1) is 9.78. The summed E-state index contributed by atoms with van der Waals surface area (Å²) in [6.45, 7) is 2.13. The molecular weight excluding hydrogens is 266 g/mol. The second-order valence-corrected chi connectivity index (χ2v) is 5.83. The molecule has 2 nitrogen and oxygen atoms in total. The molecule has 1 amide bonds. The number of hydrogen-bond acceptors (Lipinski definition) is 2. The van der Waals surface area contributed by atoms with E-state index in [1.807, 2.05) is 54.6 Å². The van der Waals surface area contributed by atoms with Crippen LogP contribution in [0.5, 0.6) is 0 Å². The Morgan fingerprint density at radius 2 is 1.75 bits per heavy atom. The maximum atomic E-state index is 11.9. The Balaban J connectivity index is 1.82. The number of carbonyl (C=O) groups is 1. The molecule has 2 rings (SSSR count). The third-order valence-electron chi connectivity index (χ3n) is 2.93. The van der Waals surface area contributed by atoms with E-state index in [1.54, 1.807) is 11.8 Å². The number of rotatable bonds is 6. The summed E-state index contributed by atoms with van der Waals surface area (Å²) in [5.74, 6) is 1.12. The Hall–Kier alpha value is -1.74. The zero-order chi connectivity index (χ0) is 14.2. The van der Waals surface area contributed by atoms with Crippen molar-refractivity contribution in [3.63, 3.8) is 0 Å². The molecule has 2 aromatic carbocycles. The van der Waals surface area contributed by atoms with E-state index in [0.29, 0.717) is 6.42 Å². The molecule has 0 saturated heterocycles. The van der Waals surface area contributed by atoms with Gasteiger partial charge in [-0.1, -0.05) is 37.3 Å². The van der Waals surface area contributed by atoms with Gasteiger partial charge in [0.05, 0.1) is 0 Å². The van der Waals surface area contributed by atoms with Gasteiger partial charge in [0.2, 0.25) is 5.91 Å². The molecule has 0 aliphatic heterocycles. The molecule has 3 heteroatoms. The quantitative estimate of drug-likeness (QED) is 0.798. The van der Waals surface area contributed by atoms with Crippen LogP contribution < -0.4 is 5.32 Å². The third-order valence-corrected chi connectivity index (χ3v) is 3.83. The third kappa shape index (κ3) is 4.74. The van der Waals surface area contributed by atoms with Gasteiger partial charge < -0.3 is 5.32 Å². The summed E-state index contributed by atoms with van der Waals surface area (Å²) in [5.41, 5.74) is 2.06. The molecule has 0 aliphatic carbocycles. The topological polar surface area (TPSA) is 29.1 Å². The standard InChI is InChI=1S/C17H19NOS/c1-2-20-16-11-9-15(10-12-16)18-17(19)13-8-14-6-4-3-5-7-14/h3-7,9-12H,2,8,13H2,1H3,(H,18,19). The molecular formula is C17H19NOS. The van der Waals surface area contributed by atoms with Crippen molar-refractivity contribution in [2.45, 2.75) is 24.7 Å². The average Bonchev–Trinajstić information content (AvgIpc) is 2.49. The van der Waals surface area contributed by atoms with Gasteiger partial charge in [0.15, 0.2) is 0 Å². The van der Waals surface area contributed by atoms with Crippen molar-refractivity contribution in [2.24, 2.45) is 0 Å². The van der Waals surface area contributed by atoms with Crippen LogP contribution in [0.15, 0.2) is 59.5 Å². The molecule has 0 fully saturated rings. The number of amides is 1. The van der Waals surface area contributed by atoms with Crippen molar-refractivity contribution >= 4 is 23.4 Å². The van der Waals surface area contributed by atoms with Crippen LogP contribution >= 0.6 is 11.8 Å². The number of hydrogen-bond donors (Lipinski definition) is 1. The van der Waals surface area contributed by atoms with E-state index in [4.69, 9.17) is 0 Å². The second kappa shape index (κ2) is 7.75. The van der Waals surface area contributed by atoms with Crippen LogP contribution in [0.3, 0.4) is 0 Å². The van der Waals surface area contributed by atoms with Crippen LogP contribution in [0.2, 0.25) is 0 Å². The molecule has 0 atom stereocenters. The summed E-state index contributed by atoms with van der Waals surface area (Å²) in [6, 6.07) is 18.1. The van der Waals surface area contributed by atoms with Gasteiger partial charge in [-0.3, -0.25) is 4.79 Å². The van der Waals surface area contributed by atoms with Gasteiger partial charge in [-0.05, 0) is 42.0 Å². The molecule has 0 spiro atoms. The molecule has 104 valence electrons. The summed E-state index contributed by atoms with van der Waals surface area (Å²) in [7, 11) is 0. The summed E-state index contributed by atoms with van der Waals surface area (Å²) < 4.78 is 0. The van der Waals surface area contributed by atoms with Crippen LogP contribution in [0.4, 0.5) is 5.69 Å². The minimum absolute atomic E-state index is 0.0600. The van der Waals surface area contributed by atoms with Gasteiger partial charge >= 0.3 is 0 Å². The predicted molar refractivity (Wildman–Crippen MR) is 86.2 cm³/mol. The average molecular weight is 285 g/mol. The Morgan fingerprint density at radius 3 is 2.40 bits per heavy atom. The molecule has 20 heavy (non-hydrogen) atoms. The number of nitrogens with one attached hydrogen (secondary N) is 1. The SMILES string of the molecule is CCSc1ccc(NC(=O)CCc2ccccc2)cc1. The predicted octanol–water partition coefficient (Wildman–Crippen LogP) is 4.37. The molecule has 0 aromatic heterocycles. The largest absolute Gasteiger partial charge is 0.326 e. The van der Waals surface area contributed by atoms with E-state index in [9.17, 15) is 4.79 Å². The first-order valence-corrected chi connectivity index (χ1v) is 7.83. The first-order valence-electron chi connectivity index (χ1n) is 6.84. The van der Waals surface area contributed by atoms with Gasteiger partial charge in [0.25, 0.3) is 0 Å². The van der Waals surface area contributed by atoms with Crippen LogP contribution in [0, 0.1) is 0 Å². The zero-order valence-corrected chi connectivity index (χ0v) is 12.5. The summed E-state index contributed by atoms with van der Waals surface area (Å²) in [4.78, 5) is 13.1. The minimum atomic E-state index is 0.0600. The summed E-state index contributed by atoms with van der Waals surface area (Å²) in [6.07, 6.45) is 1.28. The van der Waals surface area contributed by atoms with Gasteiger partial charge in [-0.15, -0.1) is 11.8 Å². The van der Waals surface area contributed by atoms with Gasteiger partial charge in [0.1, 0.15) is 0 Å². The summed E-state index contributed by atoms with van der Waals surface area (Å²) >= 11 is 1.80. The monoisotopic (exact) mass is 285 g/mol. The highest BCUT2D eigenvalue weighted by Crippen LogP contribution is 2.19. The van der Waals surface area contributed by atoms with E-state index in [-0.39, 0.29) is 5.91 Å². The minimum Gasteiger partial charge on any atom is -0.326 e. The van der Waals surface area contributed by atoms with E-state index >= 15 is 0 Å². The van der Waals surface area contributed by atoms with Crippen molar-refractivity contribution in [2.75, 3.05) is 11.1 Å². The second-order valence-electron chi connectivity index (χ2n) is 4.49. The smallest absolute Gasteiger partial charge is 0.224 e. The maximum Gasteiger partial charge on any atom is 0.224 e. The van der Waals surface area contributed by atoms with Crippen molar-refractivity contribution < 1.29 is 4.79 Å². The van der Waals surface area contributed by atoms with Crippen molar-refractivity contribution in [1.29, 1.82) is 0 Å². The molecule has 0 heterocycles. The van der Waals surface area contributed by atoms with E-state index in [0.717, 1.165) is 17.9 Å². The number of anilines is 1. The normalized spacial score (nSPS) is 10.2. The van der Waals surface area contributed by atoms with Crippen LogP contribution in [-0.2, 0) is 11.2 Å². The molecule has 0 saturated carbocycles. The molecule has 0 bridgehead atoms. The fraction of sp³-hybridized carbons (Fsp3) is 0.235. The lowest BCUT2D eigenvalue weighted by Gasteiger charge is -2.06. The lowest BCUT2D eigenvalue weighted by molar-refractivity contribution is -0.116.